The van der Waals surface area contributed by atoms with Crippen LogP contribution in [0.15, 0.2) is 0 Å². The molecular weight excluding hydrogens is 262 g/mol. The molecule has 2 unspecified atom stereocenters. The largest absolute Gasteiger partial charge is 0.480 e. The Labute approximate surface area is 108 Å². The monoisotopic (exact) mass is 278 g/mol. The lowest BCUT2D eigenvalue weighted by Crippen LogP contribution is -2.46. The molecule has 2 atom stereocenters. The van der Waals surface area contributed by atoms with Gasteiger partial charge < -0.3 is 10.2 Å². The van der Waals surface area contributed by atoms with E-state index in [0.717, 1.165) is 4.90 Å². The van der Waals surface area contributed by atoms with Crippen LogP contribution < -0.4 is 0 Å². The molecule has 0 aromatic rings. The summed E-state index contributed by atoms with van der Waals surface area (Å²) in [4.78, 5) is 24.6. The molecule has 0 spiro atoms. The molecule has 2 aliphatic heterocycles. The molecule has 108 valence electrons. The first kappa shape index (κ1) is 14.0. The maximum atomic E-state index is 13.0. The van der Waals surface area contributed by atoms with Crippen molar-refractivity contribution < 1.29 is 28.6 Å². The van der Waals surface area contributed by atoms with E-state index < -0.39 is 24.0 Å². The predicted molar refractivity (Wildman–Crippen MR) is 60.3 cm³/mol. The van der Waals surface area contributed by atoms with E-state index in [9.17, 15) is 18.4 Å². The van der Waals surface area contributed by atoms with Gasteiger partial charge in [-0.1, -0.05) is 0 Å². The van der Waals surface area contributed by atoms with Crippen molar-refractivity contribution in [3.8, 4) is 0 Å². The van der Waals surface area contributed by atoms with Crippen LogP contribution in [0.5, 0.6) is 0 Å². The van der Waals surface area contributed by atoms with Crippen LogP contribution in [-0.4, -0.2) is 69.7 Å². The molecule has 2 N–H and O–H groups in total. The lowest BCUT2D eigenvalue weighted by Gasteiger charge is -2.35. The summed E-state index contributed by atoms with van der Waals surface area (Å²) in [5.41, 5.74) is 0. The van der Waals surface area contributed by atoms with Gasteiger partial charge in [0.15, 0.2) is 0 Å². The van der Waals surface area contributed by atoms with Gasteiger partial charge in [-0.25, -0.2) is 18.4 Å². The van der Waals surface area contributed by atoms with Gasteiger partial charge in [0.25, 0.3) is 5.92 Å². The third-order valence-electron chi connectivity index (χ3n) is 3.86. The zero-order valence-electron chi connectivity index (χ0n) is 10.3. The van der Waals surface area contributed by atoms with Gasteiger partial charge in [0.05, 0.1) is 0 Å². The Kier molecular flexibility index (Phi) is 3.62. The molecule has 19 heavy (non-hydrogen) atoms. The predicted octanol–water partition coefficient (Wildman–Crippen LogP) is 0.923. The van der Waals surface area contributed by atoms with Crippen molar-refractivity contribution in [1.82, 2.24) is 9.80 Å². The number of likely N-dealkylation sites (tertiary alicyclic amines) is 2. The van der Waals surface area contributed by atoms with Crippen molar-refractivity contribution in [2.75, 3.05) is 19.6 Å². The summed E-state index contributed by atoms with van der Waals surface area (Å²) in [6.07, 6.45) is -1.63. The number of halogens is 2. The molecule has 2 fully saturated rings. The Bertz CT molecular complexity index is 359. The summed E-state index contributed by atoms with van der Waals surface area (Å²) in [5.74, 6) is -3.85. The van der Waals surface area contributed by atoms with Crippen LogP contribution in [0.4, 0.5) is 13.6 Å². The van der Waals surface area contributed by atoms with Crippen LogP contribution in [0.2, 0.25) is 0 Å². The molecule has 0 aliphatic carbocycles. The summed E-state index contributed by atoms with van der Waals surface area (Å²) < 4.78 is 26.1. The number of carboxylic acid groups (broad SMARTS) is 2. The zero-order valence-corrected chi connectivity index (χ0v) is 10.3. The first-order valence-electron chi connectivity index (χ1n) is 6.14. The Morgan fingerprint density at radius 2 is 1.74 bits per heavy atom. The fourth-order valence-electron chi connectivity index (χ4n) is 2.74. The van der Waals surface area contributed by atoms with Gasteiger partial charge in [0.1, 0.15) is 6.04 Å². The average Bonchev–Trinajstić information content (AvgIpc) is 2.74. The number of rotatable bonds is 2. The fraction of sp³-hybridized carbons (Fsp3) is 0.818. The van der Waals surface area contributed by atoms with E-state index in [1.54, 1.807) is 4.90 Å². The summed E-state index contributed by atoms with van der Waals surface area (Å²) in [6.45, 7) is 0.423. The molecule has 1 amide bonds. The fourth-order valence-corrected chi connectivity index (χ4v) is 2.74. The van der Waals surface area contributed by atoms with Crippen LogP contribution in [0.25, 0.3) is 0 Å². The average molecular weight is 278 g/mol. The van der Waals surface area contributed by atoms with Gasteiger partial charge in [0.2, 0.25) is 0 Å². The molecule has 2 heterocycles. The Morgan fingerprint density at radius 3 is 2.16 bits per heavy atom. The second-order valence-corrected chi connectivity index (χ2v) is 5.07. The molecule has 0 saturated carbocycles. The quantitative estimate of drug-likeness (QED) is 0.785. The lowest BCUT2D eigenvalue weighted by molar-refractivity contribution is -0.141. The second kappa shape index (κ2) is 4.92. The topological polar surface area (TPSA) is 81.1 Å². The minimum atomic E-state index is -2.66. The Balaban J connectivity index is 2.00. The third-order valence-corrected chi connectivity index (χ3v) is 3.86. The summed E-state index contributed by atoms with van der Waals surface area (Å²) in [5, 5.41) is 17.9. The van der Waals surface area contributed by atoms with Crippen LogP contribution in [0.1, 0.15) is 19.3 Å². The van der Waals surface area contributed by atoms with Crippen molar-refractivity contribution in [3.05, 3.63) is 0 Å². The van der Waals surface area contributed by atoms with Crippen molar-refractivity contribution in [1.29, 1.82) is 0 Å². The van der Waals surface area contributed by atoms with E-state index in [1.807, 2.05) is 0 Å². The first-order chi connectivity index (χ1) is 8.80. The molecule has 0 aromatic carbocycles. The van der Waals surface area contributed by atoms with Gasteiger partial charge in [-0.3, -0.25) is 9.80 Å². The highest BCUT2D eigenvalue weighted by atomic mass is 19.3. The molecule has 2 saturated heterocycles. The van der Waals surface area contributed by atoms with E-state index in [0.29, 0.717) is 0 Å². The van der Waals surface area contributed by atoms with Crippen LogP contribution in [-0.2, 0) is 4.79 Å². The Hall–Kier alpha value is -1.44. The number of alkyl halides is 2. The smallest absolute Gasteiger partial charge is 0.408 e. The van der Waals surface area contributed by atoms with Crippen LogP contribution in [0, 0.1) is 0 Å². The molecule has 0 radical (unpaired) electrons. The highest BCUT2D eigenvalue weighted by Crippen LogP contribution is 2.31. The van der Waals surface area contributed by atoms with Crippen LogP contribution >= 0.6 is 0 Å². The van der Waals surface area contributed by atoms with E-state index >= 15 is 0 Å². The molecule has 0 bridgehead atoms. The first-order valence-corrected chi connectivity index (χ1v) is 6.14. The molecule has 2 rings (SSSR count). The minimum absolute atomic E-state index is 0.0673. The molecule has 2 aliphatic rings. The minimum Gasteiger partial charge on any atom is -0.480 e. The summed E-state index contributed by atoms with van der Waals surface area (Å²) in [6, 6.07) is -1.36. The number of aliphatic carboxylic acids is 1. The van der Waals surface area contributed by atoms with Gasteiger partial charge in [-0.05, 0) is 6.42 Å². The van der Waals surface area contributed by atoms with Gasteiger partial charge in [0, 0.05) is 38.5 Å². The zero-order chi connectivity index (χ0) is 14.2. The van der Waals surface area contributed by atoms with Crippen molar-refractivity contribution in [2.24, 2.45) is 0 Å². The normalized spacial score (nSPS) is 31.4. The van der Waals surface area contributed by atoms with E-state index in [4.69, 9.17) is 10.2 Å². The maximum Gasteiger partial charge on any atom is 0.408 e. The number of nitrogens with zero attached hydrogens (tertiary/aromatic N) is 2. The Morgan fingerprint density at radius 1 is 1.16 bits per heavy atom. The number of amides is 1. The summed E-state index contributed by atoms with van der Waals surface area (Å²) >= 11 is 0. The number of hydrogen-bond acceptors (Lipinski definition) is 3. The van der Waals surface area contributed by atoms with Gasteiger partial charge >= 0.3 is 12.1 Å². The van der Waals surface area contributed by atoms with E-state index in [1.165, 1.54) is 0 Å². The third kappa shape index (κ3) is 2.94. The van der Waals surface area contributed by atoms with E-state index in [-0.39, 0.29) is 44.9 Å². The second-order valence-electron chi connectivity index (χ2n) is 5.07. The highest BCUT2D eigenvalue weighted by Gasteiger charge is 2.44. The molecule has 0 aromatic heterocycles. The molecule has 6 nitrogen and oxygen atoms in total. The number of piperidine rings is 1. The molecular formula is C11H16F2N2O4. The van der Waals surface area contributed by atoms with Crippen molar-refractivity contribution >= 4 is 12.1 Å². The summed E-state index contributed by atoms with van der Waals surface area (Å²) in [7, 11) is 0. The highest BCUT2D eigenvalue weighted by molar-refractivity contribution is 5.80. The number of carboxylic acids is 1. The van der Waals surface area contributed by atoms with E-state index in [2.05, 4.69) is 0 Å². The number of carbonyl (C=O) groups is 2. The van der Waals surface area contributed by atoms with Crippen LogP contribution in [0.3, 0.4) is 0 Å². The van der Waals surface area contributed by atoms with Crippen molar-refractivity contribution in [2.45, 2.75) is 37.3 Å². The standard InChI is InChI=1S/C11H16F2N2O4/c12-11(13)1-3-14(4-2-11)7-5-8(9(16)17)15(6-7)10(18)19/h7-8H,1-6H2,(H,16,17)(H,18,19). The lowest BCUT2D eigenvalue weighted by atomic mass is 10.0. The molecule has 8 heteroatoms. The SMILES string of the molecule is O=C(O)C1CC(N2CCC(F)(F)CC2)CN1C(=O)O. The van der Waals surface area contributed by atoms with Crippen molar-refractivity contribution in [3.63, 3.8) is 0 Å². The van der Waals surface area contributed by atoms with Gasteiger partial charge in [-0.2, -0.15) is 0 Å². The maximum absolute atomic E-state index is 13.0. The van der Waals surface area contributed by atoms with Gasteiger partial charge in [-0.15, -0.1) is 0 Å². The number of hydrogen-bond donors (Lipinski definition) is 2.